The first-order valence-corrected chi connectivity index (χ1v) is 5.79. The molecule has 0 aromatic heterocycles. The van der Waals surface area contributed by atoms with E-state index in [1.54, 1.807) is 12.1 Å². The fourth-order valence-corrected chi connectivity index (χ4v) is 1.76. The minimum atomic E-state index is -1.14. The zero-order valence-electron chi connectivity index (χ0n) is 11.0. The first-order chi connectivity index (χ1) is 8.93. The average molecular weight is 263 g/mol. The number of carboxylic acids is 1. The summed E-state index contributed by atoms with van der Waals surface area (Å²) in [5.74, 6) is -1.14. The van der Waals surface area contributed by atoms with Crippen molar-refractivity contribution in [3.63, 3.8) is 0 Å². The molecule has 1 atom stereocenters. The molecule has 0 saturated heterocycles. The Labute approximate surface area is 111 Å². The lowest BCUT2D eigenvalue weighted by molar-refractivity contribution is -0.139. The van der Waals surface area contributed by atoms with Crippen molar-refractivity contribution >= 4 is 12.1 Å². The molecule has 0 aliphatic rings. The summed E-state index contributed by atoms with van der Waals surface area (Å²) in [6.07, 6.45) is 0.623. The summed E-state index contributed by atoms with van der Waals surface area (Å²) in [5, 5.41) is 11.5. The van der Waals surface area contributed by atoms with E-state index in [0.29, 0.717) is 5.56 Å². The smallest absolute Gasteiger partial charge is 0.408 e. The maximum absolute atomic E-state index is 11.4. The molecule has 1 unspecified atom stereocenters. The predicted molar refractivity (Wildman–Crippen MR) is 71.0 cm³/mol. The fourth-order valence-electron chi connectivity index (χ4n) is 1.76. The van der Waals surface area contributed by atoms with E-state index in [9.17, 15) is 14.7 Å². The van der Waals surface area contributed by atoms with Crippen molar-refractivity contribution in [2.75, 3.05) is 6.61 Å². The Morgan fingerprint density at radius 2 is 1.95 bits per heavy atom. The molecule has 5 heteroatoms. The van der Waals surface area contributed by atoms with Gasteiger partial charge < -0.3 is 15.2 Å². The molecule has 0 saturated carbocycles. The largest absolute Gasteiger partial charge is 0.479 e. The highest BCUT2D eigenvalue weighted by atomic mass is 16.5. The number of carbonyl (C=O) groups excluding carboxylic acids is 1. The van der Waals surface area contributed by atoms with Gasteiger partial charge in [-0.3, -0.25) is 0 Å². The van der Waals surface area contributed by atoms with E-state index in [1.165, 1.54) is 6.08 Å². The molecular weight excluding hydrogens is 246 g/mol. The van der Waals surface area contributed by atoms with Gasteiger partial charge in [-0.1, -0.05) is 42.0 Å². The summed E-state index contributed by atoms with van der Waals surface area (Å²) in [7, 11) is 0. The second-order valence-electron chi connectivity index (χ2n) is 4.22. The van der Waals surface area contributed by atoms with Gasteiger partial charge in [0.2, 0.25) is 0 Å². The number of hydrogen-bond donors (Lipinski definition) is 2. The summed E-state index contributed by atoms with van der Waals surface area (Å²) in [4.78, 5) is 22.7. The zero-order chi connectivity index (χ0) is 14.4. The van der Waals surface area contributed by atoms with Crippen LogP contribution in [0.25, 0.3) is 0 Å². The van der Waals surface area contributed by atoms with Crippen molar-refractivity contribution in [2.45, 2.75) is 19.9 Å². The molecule has 102 valence electrons. The van der Waals surface area contributed by atoms with Crippen LogP contribution in [0.2, 0.25) is 0 Å². The van der Waals surface area contributed by atoms with Crippen molar-refractivity contribution in [3.8, 4) is 0 Å². The third kappa shape index (κ3) is 4.46. The lowest BCUT2D eigenvalue weighted by atomic mass is 10.0. The van der Waals surface area contributed by atoms with Crippen LogP contribution in [0.5, 0.6) is 0 Å². The van der Waals surface area contributed by atoms with Gasteiger partial charge in [-0.25, -0.2) is 9.59 Å². The SMILES string of the molecule is C=CCOC(=O)NC(C(=O)O)c1cc(C)cc(C)c1. The number of amides is 1. The first kappa shape index (κ1) is 14.8. The van der Waals surface area contributed by atoms with Crippen molar-refractivity contribution < 1.29 is 19.4 Å². The van der Waals surface area contributed by atoms with Crippen LogP contribution in [0.15, 0.2) is 30.9 Å². The van der Waals surface area contributed by atoms with E-state index in [2.05, 4.69) is 11.9 Å². The molecular formula is C14H17NO4. The fraction of sp³-hybridized carbons (Fsp3) is 0.286. The lowest BCUT2D eigenvalue weighted by Crippen LogP contribution is -2.34. The quantitative estimate of drug-likeness (QED) is 0.799. The highest BCUT2D eigenvalue weighted by molar-refractivity contribution is 5.81. The van der Waals surface area contributed by atoms with Gasteiger partial charge in [-0.2, -0.15) is 0 Å². The Morgan fingerprint density at radius 3 is 2.42 bits per heavy atom. The number of hydrogen-bond acceptors (Lipinski definition) is 3. The highest BCUT2D eigenvalue weighted by Gasteiger charge is 2.23. The Hall–Kier alpha value is -2.30. The Balaban J connectivity index is 2.91. The number of benzene rings is 1. The molecule has 0 bridgehead atoms. The molecule has 1 rings (SSSR count). The van der Waals surface area contributed by atoms with Crippen LogP contribution in [0.4, 0.5) is 4.79 Å². The number of rotatable bonds is 5. The van der Waals surface area contributed by atoms with Crippen molar-refractivity contribution in [2.24, 2.45) is 0 Å². The molecule has 19 heavy (non-hydrogen) atoms. The number of carbonyl (C=O) groups is 2. The zero-order valence-corrected chi connectivity index (χ0v) is 11.0. The number of nitrogens with one attached hydrogen (secondary N) is 1. The van der Waals surface area contributed by atoms with E-state index in [1.807, 2.05) is 19.9 Å². The Kier molecular flexibility index (Phi) is 5.11. The number of ether oxygens (including phenoxy) is 1. The van der Waals surface area contributed by atoms with Gasteiger partial charge in [0.1, 0.15) is 6.61 Å². The molecule has 1 aromatic rings. The number of aliphatic carboxylic acids is 1. The van der Waals surface area contributed by atoms with Crippen LogP contribution in [-0.4, -0.2) is 23.8 Å². The number of alkyl carbamates (subject to hydrolysis) is 1. The van der Waals surface area contributed by atoms with Crippen molar-refractivity contribution in [1.82, 2.24) is 5.32 Å². The van der Waals surface area contributed by atoms with Crippen molar-refractivity contribution in [1.29, 1.82) is 0 Å². The Morgan fingerprint density at radius 1 is 1.37 bits per heavy atom. The molecule has 0 aliphatic heterocycles. The van der Waals surface area contributed by atoms with E-state index in [0.717, 1.165) is 11.1 Å². The third-order valence-corrected chi connectivity index (χ3v) is 2.42. The van der Waals surface area contributed by atoms with Gasteiger partial charge in [-0.05, 0) is 19.4 Å². The summed E-state index contributed by atoms with van der Waals surface area (Å²) in [6, 6.07) is 4.24. The number of aryl methyl sites for hydroxylation is 2. The molecule has 2 N–H and O–H groups in total. The number of carboxylic acid groups (broad SMARTS) is 1. The topological polar surface area (TPSA) is 75.6 Å². The van der Waals surface area contributed by atoms with Gasteiger partial charge in [0, 0.05) is 0 Å². The van der Waals surface area contributed by atoms with E-state index in [4.69, 9.17) is 4.74 Å². The van der Waals surface area contributed by atoms with Gasteiger partial charge in [-0.15, -0.1) is 0 Å². The maximum atomic E-state index is 11.4. The normalized spacial score (nSPS) is 11.5. The summed E-state index contributed by atoms with van der Waals surface area (Å²) in [5.41, 5.74) is 2.38. The van der Waals surface area contributed by atoms with Gasteiger partial charge in [0.15, 0.2) is 6.04 Å². The Bertz CT molecular complexity index is 476. The second-order valence-corrected chi connectivity index (χ2v) is 4.22. The van der Waals surface area contributed by atoms with E-state index in [-0.39, 0.29) is 6.61 Å². The molecule has 0 spiro atoms. The summed E-state index contributed by atoms with van der Waals surface area (Å²) in [6.45, 7) is 7.17. The van der Waals surface area contributed by atoms with Crippen LogP contribution in [0.3, 0.4) is 0 Å². The second kappa shape index (κ2) is 6.58. The molecule has 0 fully saturated rings. The summed E-state index contributed by atoms with van der Waals surface area (Å²) < 4.78 is 4.72. The van der Waals surface area contributed by atoms with Gasteiger partial charge in [0.05, 0.1) is 0 Å². The highest BCUT2D eigenvalue weighted by Crippen LogP contribution is 2.17. The molecule has 0 heterocycles. The van der Waals surface area contributed by atoms with Crippen molar-refractivity contribution in [3.05, 3.63) is 47.5 Å². The lowest BCUT2D eigenvalue weighted by Gasteiger charge is -2.15. The standard InChI is InChI=1S/C14H17NO4/c1-4-5-19-14(18)15-12(13(16)17)11-7-9(2)6-10(3)8-11/h4,6-8,12H,1,5H2,2-3H3,(H,15,18)(H,16,17). The van der Waals surface area contributed by atoms with Crippen LogP contribution in [0, 0.1) is 13.8 Å². The van der Waals surface area contributed by atoms with Crippen LogP contribution >= 0.6 is 0 Å². The first-order valence-electron chi connectivity index (χ1n) is 5.79. The molecule has 1 amide bonds. The van der Waals surface area contributed by atoms with E-state index < -0.39 is 18.1 Å². The molecule has 0 radical (unpaired) electrons. The summed E-state index contributed by atoms with van der Waals surface area (Å²) >= 11 is 0. The molecule has 5 nitrogen and oxygen atoms in total. The third-order valence-electron chi connectivity index (χ3n) is 2.42. The minimum absolute atomic E-state index is 0.0328. The van der Waals surface area contributed by atoms with E-state index >= 15 is 0 Å². The monoisotopic (exact) mass is 263 g/mol. The molecule has 0 aliphatic carbocycles. The van der Waals surface area contributed by atoms with Gasteiger partial charge in [0.25, 0.3) is 0 Å². The predicted octanol–water partition coefficient (Wildman–Crippen LogP) is 2.34. The van der Waals surface area contributed by atoms with Crippen LogP contribution in [-0.2, 0) is 9.53 Å². The molecule has 1 aromatic carbocycles. The van der Waals surface area contributed by atoms with Crippen LogP contribution < -0.4 is 5.32 Å². The minimum Gasteiger partial charge on any atom is -0.479 e. The maximum Gasteiger partial charge on any atom is 0.408 e. The van der Waals surface area contributed by atoms with Gasteiger partial charge >= 0.3 is 12.1 Å². The average Bonchev–Trinajstić information content (AvgIpc) is 2.31. The van der Waals surface area contributed by atoms with Crippen LogP contribution in [0.1, 0.15) is 22.7 Å².